The van der Waals surface area contributed by atoms with Crippen LogP contribution < -0.4 is 10.1 Å². The summed E-state index contributed by atoms with van der Waals surface area (Å²) in [5.41, 5.74) is 3.54. The van der Waals surface area contributed by atoms with Gasteiger partial charge >= 0.3 is 5.97 Å². The number of carbonyl (C=O) groups excluding carboxylic acids is 2. The van der Waals surface area contributed by atoms with Crippen molar-refractivity contribution in [3.63, 3.8) is 0 Å². The Morgan fingerprint density at radius 1 is 1.00 bits per heavy atom. The predicted octanol–water partition coefficient (Wildman–Crippen LogP) is 4.29. The van der Waals surface area contributed by atoms with Gasteiger partial charge in [0.05, 0.1) is 7.11 Å². The number of hydrogen-bond acceptors (Lipinski definition) is 5. The molecular formula is C28H28N2O5. The molecule has 7 heteroatoms. The SMILES string of the molecule is COc1ccc(CCC(=O)N[C@@H](Cc2c[nH]c3ccccc23)C(=O)OCc2ccccc2)cc1O. The normalized spacial score (nSPS) is 11.7. The van der Waals surface area contributed by atoms with Gasteiger partial charge in [0.25, 0.3) is 0 Å². The van der Waals surface area contributed by atoms with E-state index in [0.717, 1.165) is 27.6 Å². The van der Waals surface area contributed by atoms with Crippen molar-refractivity contribution in [2.24, 2.45) is 0 Å². The minimum atomic E-state index is -0.838. The van der Waals surface area contributed by atoms with Crippen LogP contribution in [-0.4, -0.2) is 35.1 Å². The number of aromatic hydroxyl groups is 1. The fourth-order valence-electron chi connectivity index (χ4n) is 3.96. The van der Waals surface area contributed by atoms with E-state index in [-0.39, 0.29) is 24.7 Å². The van der Waals surface area contributed by atoms with E-state index in [4.69, 9.17) is 9.47 Å². The second-order valence-corrected chi connectivity index (χ2v) is 8.28. The molecule has 3 aromatic carbocycles. The number of H-pyrrole nitrogens is 1. The molecule has 3 N–H and O–H groups in total. The number of ether oxygens (including phenoxy) is 2. The number of aromatic nitrogens is 1. The molecule has 0 saturated carbocycles. The first-order valence-electron chi connectivity index (χ1n) is 11.4. The molecular weight excluding hydrogens is 444 g/mol. The highest BCUT2D eigenvalue weighted by atomic mass is 16.5. The van der Waals surface area contributed by atoms with Crippen LogP contribution in [0, 0.1) is 0 Å². The first-order chi connectivity index (χ1) is 17.0. The van der Waals surface area contributed by atoms with Crippen molar-refractivity contribution in [3.8, 4) is 11.5 Å². The number of aryl methyl sites for hydroxylation is 1. The zero-order valence-corrected chi connectivity index (χ0v) is 19.5. The van der Waals surface area contributed by atoms with Gasteiger partial charge in [0.2, 0.25) is 5.91 Å². The minimum absolute atomic E-state index is 0.0205. The van der Waals surface area contributed by atoms with Gasteiger partial charge in [-0.05, 0) is 41.3 Å². The van der Waals surface area contributed by atoms with Gasteiger partial charge in [-0.25, -0.2) is 4.79 Å². The number of methoxy groups -OCH3 is 1. The van der Waals surface area contributed by atoms with Crippen LogP contribution in [0.3, 0.4) is 0 Å². The van der Waals surface area contributed by atoms with E-state index in [1.165, 1.54) is 7.11 Å². The van der Waals surface area contributed by atoms with Crippen molar-refractivity contribution in [2.75, 3.05) is 7.11 Å². The van der Waals surface area contributed by atoms with Crippen LogP contribution in [0.25, 0.3) is 10.9 Å². The molecule has 0 aliphatic rings. The lowest BCUT2D eigenvalue weighted by Gasteiger charge is -2.18. The van der Waals surface area contributed by atoms with Crippen LogP contribution in [-0.2, 0) is 33.8 Å². The van der Waals surface area contributed by atoms with Gasteiger partial charge in [-0.1, -0.05) is 54.6 Å². The van der Waals surface area contributed by atoms with Crippen molar-refractivity contribution < 1.29 is 24.2 Å². The first-order valence-corrected chi connectivity index (χ1v) is 11.4. The molecule has 1 aromatic heterocycles. The molecule has 180 valence electrons. The highest BCUT2D eigenvalue weighted by molar-refractivity contribution is 5.87. The summed E-state index contributed by atoms with van der Waals surface area (Å²) < 4.78 is 10.6. The highest BCUT2D eigenvalue weighted by Gasteiger charge is 2.24. The number of para-hydroxylation sites is 1. The topological polar surface area (TPSA) is 101 Å². The number of fused-ring (bicyclic) bond motifs is 1. The second kappa shape index (κ2) is 11.2. The van der Waals surface area contributed by atoms with Crippen LogP contribution in [0.2, 0.25) is 0 Å². The Kier molecular flexibility index (Phi) is 7.67. The van der Waals surface area contributed by atoms with E-state index in [1.54, 1.807) is 18.2 Å². The lowest BCUT2D eigenvalue weighted by atomic mass is 10.0. The van der Waals surface area contributed by atoms with E-state index in [0.29, 0.717) is 18.6 Å². The van der Waals surface area contributed by atoms with E-state index in [1.807, 2.05) is 60.8 Å². The zero-order valence-electron chi connectivity index (χ0n) is 19.5. The molecule has 0 fully saturated rings. The minimum Gasteiger partial charge on any atom is -0.504 e. The van der Waals surface area contributed by atoms with E-state index in [9.17, 15) is 14.7 Å². The van der Waals surface area contributed by atoms with Gasteiger partial charge in [0.1, 0.15) is 12.6 Å². The molecule has 0 unspecified atom stereocenters. The lowest BCUT2D eigenvalue weighted by Crippen LogP contribution is -2.43. The summed E-state index contributed by atoms with van der Waals surface area (Å²) in [6.45, 7) is 0.130. The summed E-state index contributed by atoms with van der Waals surface area (Å²) in [6, 6.07) is 21.4. The second-order valence-electron chi connectivity index (χ2n) is 8.28. The number of aromatic amines is 1. The number of phenols is 1. The number of carbonyl (C=O) groups is 2. The Balaban J connectivity index is 1.44. The fourth-order valence-corrected chi connectivity index (χ4v) is 3.96. The van der Waals surface area contributed by atoms with E-state index >= 15 is 0 Å². The van der Waals surface area contributed by atoms with E-state index < -0.39 is 12.0 Å². The Morgan fingerprint density at radius 3 is 2.54 bits per heavy atom. The van der Waals surface area contributed by atoms with Crippen molar-refractivity contribution in [2.45, 2.75) is 31.9 Å². The Morgan fingerprint density at radius 2 is 1.77 bits per heavy atom. The number of phenolic OH excluding ortho intramolecular Hbond substituents is 1. The molecule has 0 spiro atoms. The van der Waals surface area contributed by atoms with Gasteiger partial charge in [0, 0.05) is 29.9 Å². The van der Waals surface area contributed by atoms with Crippen LogP contribution in [0.5, 0.6) is 11.5 Å². The molecule has 35 heavy (non-hydrogen) atoms. The number of esters is 1. The van der Waals surface area contributed by atoms with Gasteiger partial charge in [-0.2, -0.15) is 0 Å². The standard InChI is InChI=1S/C28H28N2O5/c1-34-26-13-11-19(15-25(26)31)12-14-27(32)30-24(28(33)35-18-20-7-3-2-4-8-20)16-21-17-29-23-10-6-5-9-22(21)23/h2-11,13,15,17,24,29,31H,12,14,16,18H2,1H3,(H,30,32)/t24-/m0/s1. The molecule has 1 atom stereocenters. The van der Waals surface area contributed by atoms with Crippen LogP contribution in [0.1, 0.15) is 23.1 Å². The Labute approximate surface area is 203 Å². The van der Waals surface area contributed by atoms with Crippen LogP contribution >= 0.6 is 0 Å². The largest absolute Gasteiger partial charge is 0.504 e. The molecule has 7 nitrogen and oxygen atoms in total. The van der Waals surface area contributed by atoms with Crippen LogP contribution in [0.4, 0.5) is 0 Å². The summed E-state index contributed by atoms with van der Waals surface area (Å²) in [5, 5.41) is 13.8. The number of nitrogens with one attached hydrogen (secondary N) is 2. The van der Waals surface area contributed by atoms with Gasteiger partial charge in [-0.3, -0.25) is 4.79 Å². The van der Waals surface area contributed by atoms with Gasteiger partial charge in [-0.15, -0.1) is 0 Å². The maximum absolute atomic E-state index is 13.0. The molecule has 4 rings (SSSR count). The highest BCUT2D eigenvalue weighted by Crippen LogP contribution is 2.26. The summed E-state index contributed by atoms with van der Waals surface area (Å²) in [7, 11) is 1.48. The number of hydrogen-bond donors (Lipinski definition) is 3. The maximum atomic E-state index is 13.0. The lowest BCUT2D eigenvalue weighted by molar-refractivity contribution is -0.149. The smallest absolute Gasteiger partial charge is 0.329 e. The van der Waals surface area contributed by atoms with Crippen molar-refractivity contribution in [1.82, 2.24) is 10.3 Å². The quantitative estimate of drug-likeness (QED) is 0.299. The van der Waals surface area contributed by atoms with E-state index in [2.05, 4.69) is 10.3 Å². The summed E-state index contributed by atoms with van der Waals surface area (Å²) in [5.74, 6) is -0.373. The average Bonchev–Trinajstić information content (AvgIpc) is 3.29. The van der Waals surface area contributed by atoms with Crippen molar-refractivity contribution in [1.29, 1.82) is 0 Å². The molecule has 0 bridgehead atoms. The van der Waals surface area contributed by atoms with Gasteiger partial charge in [0.15, 0.2) is 11.5 Å². The first kappa shape index (κ1) is 23.9. The predicted molar refractivity (Wildman–Crippen MR) is 133 cm³/mol. The van der Waals surface area contributed by atoms with Crippen molar-refractivity contribution in [3.05, 3.63) is 95.7 Å². The maximum Gasteiger partial charge on any atom is 0.329 e. The van der Waals surface area contributed by atoms with Gasteiger partial charge < -0.3 is 24.9 Å². The molecule has 0 aliphatic heterocycles. The van der Waals surface area contributed by atoms with Crippen LogP contribution in [0.15, 0.2) is 79.0 Å². The Hall–Kier alpha value is -4.26. The Bertz CT molecular complexity index is 1300. The molecule has 0 aliphatic carbocycles. The third-order valence-corrected chi connectivity index (χ3v) is 5.83. The van der Waals surface area contributed by atoms with Crippen molar-refractivity contribution >= 4 is 22.8 Å². The third-order valence-electron chi connectivity index (χ3n) is 5.83. The average molecular weight is 473 g/mol. The molecule has 4 aromatic rings. The number of benzene rings is 3. The molecule has 0 saturated heterocycles. The molecule has 0 radical (unpaired) electrons. The summed E-state index contributed by atoms with van der Waals surface area (Å²) in [6.07, 6.45) is 2.71. The molecule has 1 amide bonds. The third kappa shape index (κ3) is 6.20. The zero-order chi connectivity index (χ0) is 24.6. The summed E-state index contributed by atoms with van der Waals surface area (Å²) >= 11 is 0. The monoisotopic (exact) mass is 472 g/mol. The number of rotatable bonds is 10. The summed E-state index contributed by atoms with van der Waals surface area (Å²) in [4.78, 5) is 29.0. The fraction of sp³-hybridized carbons (Fsp3) is 0.214. The molecule has 1 heterocycles. The number of amides is 1.